The Balaban J connectivity index is 1.87. The van der Waals surface area contributed by atoms with Gasteiger partial charge in [0.1, 0.15) is 5.75 Å². The number of nitrogens with one attached hydrogen (secondary N) is 1. The normalized spacial score (nSPS) is 11.0. The Morgan fingerprint density at radius 2 is 1.78 bits per heavy atom. The molecule has 2 aromatic rings. The number of aliphatic hydroxyl groups is 1. The van der Waals surface area contributed by atoms with Gasteiger partial charge in [-0.05, 0) is 36.6 Å². The summed E-state index contributed by atoms with van der Waals surface area (Å²) in [5.41, 5.74) is 3.46. The maximum Gasteiger partial charge on any atom is 0.387 e. The average Bonchev–Trinajstić information content (AvgIpc) is 2.54. The molecular weight excluding hydrogens is 300 g/mol. The van der Waals surface area contributed by atoms with E-state index in [2.05, 4.69) is 10.1 Å². The first-order valence-corrected chi connectivity index (χ1v) is 7.53. The molecule has 0 heterocycles. The van der Waals surface area contributed by atoms with Gasteiger partial charge < -0.3 is 15.2 Å². The third kappa shape index (κ3) is 5.30. The number of alkyl halides is 2. The number of para-hydroxylation sites is 1. The van der Waals surface area contributed by atoms with E-state index in [0.29, 0.717) is 12.1 Å². The lowest BCUT2D eigenvalue weighted by Gasteiger charge is -2.14. The zero-order valence-corrected chi connectivity index (χ0v) is 13.1. The third-order valence-electron chi connectivity index (χ3n) is 3.61. The number of rotatable bonds is 8. The minimum atomic E-state index is -2.82. The molecule has 0 amide bonds. The molecule has 2 N–H and O–H groups in total. The Labute approximate surface area is 134 Å². The molecule has 23 heavy (non-hydrogen) atoms. The Morgan fingerprint density at radius 3 is 2.43 bits per heavy atom. The maximum atomic E-state index is 12.5. The standard InChI is InChI=1S/C18H21F2NO2/c1-13-3-2-4-16(17(13)23-18(19)20)11-21-10-9-14-5-7-15(12-22)8-6-14/h2-8,18,21-22H,9-12H2,1H3. The predicted molar refractivity (Wildman–Crippen MR) is 85.6 cm³/mol. The van der Waals surface area contributed by atoms with E-state index in [-0.39, 0.29) is 12.4 Å². The van der Waals surface area contributed by atoms with Crippen LogP contribution in [0.3, 0.4) is 0 Å². The molecular formula is C18H21F2NO2. The van der Waals surface area contributed by atoms with Crippen molar-refractivity contribution in [2.75, 3.05) is 6.54 Å². The van der Waals surface area contributed by atoms with Crippen LogP contribution in [0.4, 0.5) is 8.78 Å². The van der Waals surface area contributed by atoms with E-state index in [1.807, 2.05) is 30.3 Å². The van der Waals surface area contributed by atoms with Crippen molar-refractivity contribution in [3.05, 3.63) is 64.7 Å². The second-order valence-electron chi connectivity index (χ2n) is 5.34. The molecule has 0 aliphatic heterocycles. The van der Waals surface area contributed by atoms with Crippen LogP contribution in [0.5, 0.6) is 5.75 Å². The average molecular weight is 321 g/mol. The molecule has 0 bridgehead atoms. The smallest absolute Gasteiger partial charge is 0.387 e. The van der Waals surface area contributed by atoms with Gasteiger partial charge in [0.05, 0.1) is 6.61 Å². The van der Waals surface area contributed by atoms with Crippen LogP contribution in [-0.4, -0.2) is 18.3 Å². The van der Waals surface area contributed by atoms with Crippen molar-refractivity contribution in [2.24, 2.45) is 0 Å². The van der Waals surface area contributed by atoms with Gasteiger partial charge in [0.15, 0.2) is 0 Å². The Hall–Kier alpha value is -1.98. The molecule has 2 rings (SSSR count). The highest BCUT2D eigenvalue weighted by molar-refractivity contribution is 5.40. The lowest BCUT2D eigenvalue weighted by atomic mass is 10.1. The SMILES string of the molecule is Cc1cccc(CNCCc2ccc(CO)cc2)c1OC(F)F. The van der Waals surface area contributed by atoms with Crippen molar-refractivity contribution in [2.45, 2.75) is 33.1 Å². The number of aryl methyl sites for hydroxylation is 1. The van der Waals surface area contributed by atoms with Crippen LogP contribution in [0.25, 0.3) is 0 Å². The topological polar surface area (TPSA) is 41.5 Å². The molecule has 0 unspecified atom stereocenters. The first-order chi connectivity index (χ1) is 11.1. The minimum absolute atomic E-state index is 0.0405. The first kappa shape index (κ1) is 17.4. The van der Waals surface area contributed by atoms with Gasteiger partial charge in [-0.1, -0.05) is 42.5 Å². The highest BCUT2D eigenvalue weighted by Crippen LogP contribution is 2.25. The number of hydrogen-bond donors (Lipinski definition) is 2. The van der Waals surface area contributed by atoms with Crippen LogP contribution in [-0.2, 0) is 19.6 Å². The number of halogens is 2. The zero-order chi connectivity index (χ0) is 16.7. The maximum absolute atomic E-state index is 12.5. The molecule has 0 saturated carbocycles. The summed E-state index contributed by atoms with van der Waals surface area (Å²) in [5, 5.41) is 12.2. The van der Waals surface area contributed by atoms with E-state index in [9.17, 15) is 8.78 Å². The van der Waals surface area contributed by atoms with E-state index in [4.69, 9.17) is 5.11 Å². The van der Waals surface area contributed by atoms with Gasteiger partial charge in [0.25, 0.3) is 0 Å². The van der Waals surface area contributed by atoms with Crippen LogP contribution < -0.4 is 10.1 Å². The van der Waals surface area contributed by atoms with Crippen LogP contribution in [0.15, 0.2) is 42.5 Å². The molecule has 0 fully saturated rings. The molecule has 0 aliphatic rings. The fourth-order valence-corrected chi connectivity index (χ4v) is 2.38. The van der Waals surface area contributed by atoms with Crippen molar-refractivity contribution < 1.29 is 18.6 Å². The van der Waals surface area contributed by atoms with Crippen molar-refractivity contribution in [3.8, 4) is 5.75 Å². The van der Waals surface area contributed by atoms with Gasteiger partial charge in [-0.25, -0.2) is 0 Å². The second-order valence-corrected chi connectivity index (χ2v) is 5.34. The van der Waals surface area contributed by atoms with Crippen LogP contribution in [0.2, 0.25) is 0 Å². The van der Waals surface area contributed by atoms with Gasteiger partial charge in [-0.2, -0.15) is 8.78 Å². The first-order valence-electron chi connectivity index (χ1n) is 7.53. The quantitative estimate of drug-likeness (QED) is 0.732. The molecule has 124 valence electrons. The molecule has 0 spiro atoms. The van der Waals surface area contributed by atoms with E-state index >= 15 is 0 Å². The van der Waals surface area contributed by atoms with Gasteiger partial charge >= 0.3 is 6.61 Å². The van der Waals surface area contributed by atoms with E-state index in [1.54, 1.807) is 19.1 Å². The number of aliphatic hydroxyl groups excluding tert-OH is 1. The summed E-state index contributed by atoms with van der Waals surface area (Å²) in [6.45, 7) is 0.168. The molecule has 0 atom stereocenters. The Morgan fingerprint density at radius 1 is 1.09 bits per heavy atom. The van der Waals surface area contributed by atoms with E-state index < -0.39 is 6.61 Å². The number of ether oxygens (including phenoxy) is 1. The van der Waals surface area contributed by atoms with Gasteiger partial charge in [-0.15, -0.1) is 0 Å². The summed E-state index contributed by atoms with van der Waals surface area (Å²) in [6, 6.07) is 13.1. The van der Waals surface area contributed by atoms with E-state index in [0.717, 1.165) is 29.7 Å². The van der Waals surface area contributed by atoms with Crippen molar-refractivity contribution in [1.82, 2.24) is 5.32 Å². The fourth-order valence-electron chi connectivity index (χ4n) is 2.38. The number of hydrogen-bond acceptors (Lipinski definition) is 3. The number of benzene rings is 2. The highest BCUT2D eigenvalue weighted by atomic mass is 19.3. The van der Waals surface area contributed by atoms with Crippen molar-refractivity contribution in [3.63, 3.8) is 0 Å². The lowest BCUT2D eigenvalue weighted by Crippen LogP contribution is -2.18. The van der Waals surface area contributed by atoms with Crippen LogP contribution in [0, 0.1) is 6.92 Å². The van der Waals surface area contributed by atoms with Gasteiger partial charge in [0.2, 0.25) is 0 Å². The molecule has 2 aromatic carbocycles. The summed E-state index contributed by atoms with van der Waals surface area (Å²) in [4.78, 5) is 0. The lowest BCUT2D eigenvalue weighted by molar-refractivity contribution is -0.0509. The summed E-state index contributed by atoms with van der Waals surface area (Å²) in [7, 11) is 0. The molecule has 5 heteroatoms. The summed E-state index contributed by atoms with van der Waals surface area (Å²) in [6.07, 6.45) is 0.822. The molecule has 0 radical (unpaired) electrons. The Kier molecular flexibility index (Phi) is 6.50. The van der Waals surface area contributed by atoms with Gasteiger partial charge in [-0.3, -0.25) is 0 Å². The predicted octanol–water partition coefficient (Wildman–Crippen LogP) is 3.42. The summed E-state index contributed by atoms with van der Waals surface area (Å²) < 4.78 is 29.6. The zero-order valence-electron chi connectivity index (χ0n) is 13.1. The highest BCUT2D eigenvalue weighted by Gasteiger charge is 2.11. The Bertz CT molecular complexity index is 615. The molecule has 0 aliphatic carbocycles. The summed E-state index contributed by atoms with van der Waals surface area (Å²) in [5.74, 6) is 0.252. The minimum Gasteiger partial charge on any atom is -0.434 e. The fraction of sp³-hybridized carbons (Fsp3) is 0.333. The van der Waals surface area contributed by atoms with E-state index in [1.165, 1.54) is 0 Å². The molecule has 3 nitrogen and oxygen atoms in total. The van der Waals surface area contributed by atoms with Crippen LogP contribution >= 0.6 is 0 Å². The second kappa shape index (κ2) is 8.60. The third-order valence-corrected chi connectivity index (χ3v) is 3.61. The molecule has 0 saturated heterocycles. The van der Waals surface area contributed by atoms with Crippen molar-refractivity contribution in [1.29, 1.82) is 0 Å². The monoisotopic (exact) mass is 321 g/mol. The summed E-state index contributed by atoms with van der Waals surface area (Å²) >= 11 is 0. The van der Waals surface area contributed by atoms with Gasteiger partial charge in [0, 0.05) is 12.1 Å². The molecule has 0 aromatic heterocycles. The van der Waals surface area contributed by atoms with Crippen LogP contribution in [0.1, 0.15) is 22.3 Å². The van der Waals surface area contributed by atoms with Crippen molar-refractivity contribution >= 4 is 0 Å². The largest absolute Gasteiger partial charge is 0.434 e.